The average molecular weight is 947 g/mol. The molecular weight excluding hydrogens is 897 g/mol. The van der Waals surface area contributed by atoms with Crippen LogP contribution in [0.25, 0.3) is 90.9 Å². The second kappa shape index (κ2) is 19.7. The Morgan fingerprint density at radius 3 is 0.708 bits per heavy atom. The van der Waals surface area contributed by atoms with Crippen LogP contribution in [0, 0.1) is 0 Å². The molecule has 6 N–H and O–H groups in total. The number of hydrogen-bond acceptors (Lipinski definition) is 6. The molecule has 0 aliphatic carbocycles. The number of H-pyrrole nitrogens is 2. The van der Waals surface area contributed by atoms with Gasteiger partial charge in [0.1, 0.15) is 0 Å². The van der Waals surface area contributed by atoms with Gasteiger partial charge in [0.15, 0.2) is 0 Å². The minimum Gasteiger partial charge on any atom is -0.354 e. The van der Waals surface area contributed by atoms with E-state index in [0.717, 1.165) is 66.6 Å². The Kier molecular flexibility index (Phi) is 13.0. The summed E-state index contributed by atoms with van der Waals surface area (Å²) in [5.41, 5.74) is 16.3. The molecule has 0 radical (unpaired) electrons. The van der Waals surface area contributed by atoms with Gasteiger partial charge < -0.3 is 31.2 Å². The van der Waals surface area contributed by atoms with Crippen LogP contribution in [0.4, 0.5) is 22.7 Å². The first kappa shape index (κ1) is 47.4. The number of hydrogen-bond donors (Lipinski definition) is 6. The molecule has 0 unspecified atom stereocenters. The summed E-state index contributed by atoms with van der Waals surface area (Å²) in [4.78, 5) is 68.6. The molecule has 0 atom stereocenters. The largest absolute Gasteiger partial charge is 0.354 e. The molecule has 4 amide bonds. The van der Waals surface area contributed by atoms with Crippen LogP contribution >= 0.6 is 0 Å². The molecule has 354 valence electrons. The first-order valence-electron chi connectivity index (χ1n) is 23.1. The monoisotopic (exact) mass is 946 g/mol. The van der Waals surface area contributed by atoms with Crippen molar-refractivity contribution in [2.24, 2.45) is 0 Å². The Hall–Kier alpha value is -9.68. The molecule has 9 rings (SSSR count). The van der Waals surface area contributed by atoms with Gasteiger partial charge >= 0.3 is 0 Å². The molecule has 5 heterocycles. The quantitative estimate of drug-likeness (QED) is 0.0665. The number of aromatic nitrogens is 4. The molecule has 0 saturated heterocycles. The highest BCUT2D eigenvalue weighted by atomic mass is 16.2. The predicted octanol–water partition coefficient (Wildman–Crippen LogP) is 13.4. The van der Waals surface area contributed by atoms with Crippen molar-refractivity contribution in [1.82, 2.24) is 19.9 Å². The van der Waals surface area contributed by atoms with Gasteiger partial charge in [0.2, 0.25) is 0 Å². The van der Waals surface area contributed by atoms with Crippen molar-refractivity contribution in [2.75, 3.05) is 21.3 Å². The second-order valence-electron chi connectivity index (χ2n) is 17.7. The molecule has 12 nitrogen and oxygen atoms in total. The summed E-state index contributed by atoms with van der Waals surface area (Å²) in [7, 11) is 0. The summed E-state index contributed by atoms with van der Waals surface area (Å²) in [6.07, 6.45) is 7.96. The molecule has 72 heavy (non-hydrogen) atoms. The van der Waals surface area contributed by atoms with Gasteiger partial charge in [-0.05, 0) is 147 Å². The van der Waals surface area contributed by atoms with Crippen molar-refractivity contribution in [3.05, 3.63) is 193 Å². The molecule has 12 heteroatoms. The van der Waals surface area contributed by atoms with Crippen molar-refractivity contribution in [3.63, 3.8) is 0 Å². The third kappa shape index (κ3) is 9.91. The maximum Gasteiger partial charge on any atom is 0.250 e. The van der Waals surface area contributed by atoms with Crippen LogP contribution in [0.3, 0.4) is 0 Å². The Bertz CT molecular complexity index is 3210. The number of anilines is 4. The van der Waals surface area contributed by atoms with Crippen LogP contribution in [0.1, 0.15) is 50.5 Å². The van der Waals surface area contributed by atoms with E-state index in [1.807, 2.05) is 146 Å². The Labute approximate surface area is 416 Å². The van der Waals surface area contributed by atoms with E-state index in [9.17, 15) is 19.2 Å². The third-order valence-corrected chi connectivity index (χ3v) is 12.0. The lowest BCUT2D eigenvalue weighted by Gasteiger charge is -2.10. The number of rotatable bonds is 12. The molecule has 3 aromatic heterocycles. The summed E-state index contributed by atoms with van der Waals surface area (Å²) in [6.45, 7) is 21.8. The van der Waals surface area contributed by atoms with Crippen LogP contribution < -0.4 is 21.3 Å². The van der Waals surface area contributed by atoms with Gasteiger partial charge in [-0.1, -0.05) is 74.8 Å². The van der Waals surface area contributed by atoms with E-state index in [-0.39, 0.29) is 23.6 Å². The summed E-state index contributed by atoms with van der Waals surface area (Å²) in [5, 5.41) is 11.6. The minimum absolute atomic E-state index is 0.274. The third-order valence-electron chi connectivity index (χ3n) is 12.0. The van der Waals surface area contributed by atoms with Gasteiger partial charge in [-0.25, -0.2) is 9.97 Å². The molecular formula is C60H50N8O4. The minimum atomic E-state index is -0.274. The van der Waals surface area contributed by atoms with E-state index in [2.05, 4.69) is 57.6 Å². The fraction of sp³-hybridized carbons (Fsp3) is 0.0667. The highest BCUT2D eigenvalue weighted by Crippen LogP contribution is 2.39. The molecule has 7 aromatic rings. The Morgan fingerprint density at radius 1 is 0.333 bits per heavy atom. The SMILES string of the molecule is C=C(C)C(=O)Nc1ccc(-c2c3nc(c(-c4ccc(NC(=O)C(=C)C)cc4)c4ccc([nH]4)c(-c4ccc(NC(=O)C(=C)C)cc4)c4nc(c(-c5ccc(NC(=O)C(=C)C)cc5)c5ccc2[nH]5)C=C4)C=C3)cc1. The standard InChI is InChI=1S/C60H50N8O4/c1-33(2)57(69)61-41-17-9-37(10-18-41)53-45-25-27-47(65-45)54(38-11-19-42(20-12-38)62-58(70)34(3)4)49-29-31-51(67-49)56(40-15-23-44(24-16-40)64-60(72)36(7)8)52-32-30-50(68-52)55(48-28-26-46(53)66-48)39-13-21-43(22-14-39)63-59(71)35(5)6/h9-32,65,68H,1,3,5,7H2,2,4,6,8H3,(H,61,69)(H,62,70)(H,63,71)(H,64,72). The lowest BCUT2D eigenvalue weighted by Crippen LogP contribution is -2.11. The highest BCUT2D eigenvalue weighted by molar-refractivity contribution is 6.06. The van der Waals surface area contributed by atoms with Gasteiger partial charge in [-0.3, -0.25) is 19.2 Å². The number of aromatic amines is 2. The maximum atomic E-state index is 12.6. The lowest BCUT2D eigenvalue weighted by molar-refractivity contribution is -0.113. The second-order valence-corrected chi connectivity index (χ2v) is 17.7. The summed E-state index contributed by atoms with van der Waals surface area (Å²) >= 11 is 0. The summed E-state index contributed by atoms with van der Waals surface area (Å²) in [6, 6.07) is 38.4. The van der Waals surface area contributed by atoms with Crippen molar-refractivity contribution in [3.8, 4) is 44.5 Å². The number of carbonyl (C=O) groups is 4. The van der Waals surface area contributed by atoms with Gasteiger partial charge in [0.05, 0.1) is 22.8 Å². The first-order chi connectivity index (χ1) is 34.6. The topological polar surface area (TPSA) is 174 Å². The van der Waals surface area contributed by atoms with E-state index in [0.29, 0.717) is 67.8 Å². The Morgan fingerprint density at radius 2 is 0.528 bits per heavy atom. The fourth-order valence-corrected chi connectivity index (χ4v) is 8.25. The van der Waals surface area contributed by atoms with Gasteiger partial charge in [-0.15, -0.1) is 0 Å². The van der Waals surface area contributed by atoms with Gasteiger partial charge in [0.25, 0.3) is 23.6 Å². The zero-order valence-corrected chi connectivity index (χ0v) is 40.2. The zero-order chi connectivity index (χ0) is 50.8. The number of nitrogens with one attached hydrogen (secondary N) is 6. The van der Waals surface area contributed by atoms with E-state index in [4.69, 9.17) is 9.97 Å². The maximum absolute atomic E-state index is 12.6. The van der Waals surface area contributed by atoms with Crippen molar-refractivity contribution < 1.29 is 19.2 Å². The van der Waals surface area contributed by atoms with Gasteiger partial charge in [0, 0.05) is 89.4 Å². The van der Waals surface area contributed by atoms with E-state index >= 15 is 0 Å². The average Bonchev–Trinajstić information content (AvgIpc) is 4.22. The smallest absolute Gasteiger partial charge is 0.250 e. The van der Waals surface area contributed by atoms with Crippen LogP contribution in [0.15, 0.2) is 170 Å². The van der Waals surface area contributed by atoms with Crippen molar-refractivity contribution in [2.45, 2.75) is 27.7 Å². The molecule has 8 bridgehead atoms. The molecule has 2 aliphatic rings. The number of benzene rings is 4. The first-order valence-corrected chi connectivity index (χ1v) is 23.1. The number of amides is 4. The van der Waals surface area contributed by atoms with Crippen LogP contribution in [0.2, 0.25) is 0 Å². The molecule has 0 saturated carbocycles. The summed E-state index contributed by atoms with van der Waals surface area (Å²) < 4.78 is 0. The van der Waals surface area contributed by atoms with Crippen LogP contribution in [-0.2, 0) is 19.2 Å². The zero-order valence-electron chi connectivity index (χ0n) is 40.2. The van der Waals surface area contributed by atoms with E-state index in [1.54, 1.807) is 27.7 Å². The number of carbonyl (C=O) groups excluding carboxylic acids is 4. The van der Waals surface area contributed by atoms with E-state index < -0.39 is 0 Å². The van der Waals surface area contributed by atoms with Crippen LogP contribution in [0.5, 0.6) is 0 Å². The fourth-order valence-electron chi connectivity index (χ4n) is 8.25. The van der Waals surface area contributed by atoms with Crippen molar-refractivity contribution >= 4 is 92.7 Å². The van der Waals surface area contributed by atoms with E-state index in [1.165, 1.54) is 0 Å². The Balaban J connectivity index is 1.34. The molecule has 2 aliphatic heterocycles. The molecule has 4 aromatic carbocycles. The molecule has 0 spiro atoms. The molecule has 0 fully saturated rings. The number of fused-ring (bicyclic) bond motifs is 8. The van der Waals surface area contributed by atoms with Gasteiger partial charge in [-0.2, -0.15) is 0 Å². The lowest BCUT2D eigenvalue weighted by atomic mass is 10.0. The van der Waals surface area contributed by atoms with Crippen molar-refractivity contribution in [1.29, 1.82) is 0 Å². The highest BCUT2D eigenvalue weighted by Gasteiger charge is 2.20. The number of nitrogens with zero attached hydrogens (tertiary/aromatic N) is 2. The van der Waals surface area contributed by atoms with Crippen LogP contribution in [-0.4, -0.2) is 43.6 Å². The normalized spacial score (nSPS) is 11.4. The summed E-state index contributed by atoms with van der Waals surface area (Å²) in [5.74, 6) is -1.10. The predicted molar refractivity (Wildman–Crippen MR) is 294 cm³/mol.